The smallest absolute Gasteiger partial charge is 0.337 e. The highest BCUT2D eigenvalue weighted by Gasteiger charge is 2.13. The fraction of sp³-hybridized carbons (Fsp3) is 0.0833. The van der Waals surface area contributed by atoms with Crippen LogP contribution in [0.2, 0.25) is 5.02 Å². The summed E-state index contributed by atoms with van der Waals surface area (Å²) in [6.45, 7) is 0. The summed E-state index contributed by atoms with van der Waals surface area (Å²) in [6.07, 6.45) is 2.99. The minimum Gasteiger partial charge on any atom is -0.465 e. The molecule has 0 aliphatic rings. The number of carbonyl (C=O) groups is 2. The largest absolute Gasteiger partial charge is 0.465 e. The second-order valence-corrected chi connectivity index (χ2v) is 3.99. The minimum atomic E-state index is -0.509. The Morgan fingerprint density at radius 3 is 2.84 bits per heavy atom. The van der Waals surface area contributed by atoms with Gasteiger partial charge in [-0.05, 0) is 18.2 Å². The maximum atomic E-state index is 11.8. The van der Waals surface area contributed by atoms with Crippen LogP contribution in [-0.4, -0.2) is 29.0 Å². The lowest BCUT2D eigenvalue weighted by atomic mass is 10.2. The van der Waals surface area contributed by atoms with Gasteiger partial charge >= 0.3 is 5.97 Å². The van der Waals surface area contributed by atoms with Crippen LogP contribution in [0, 0.1) is 0 Å². The molecule has 1 aromatic carbocycles. The predicted octanol–water partition coefficient (Wildman–Crippen LogP) is 2.10. The number of hydrogen-bond donors (Lipinski definition) is 2. The Kier molecular flexibility index (Phi) is 3.82. The molecule has 0 aliphatic heterocycles. The molecule has 1 amide bonds. The number of benzene rings is 1. The SMILES string of the molecule is COC(=O)c1ccc(Cl)c(NC(=O)c2ncc[nH]2)c1. The van der Waals surface area contributed by atoms with E-state index in [1.165, 1.54) is 37.7 Å². The average molecular weight is 280 g/mol. The molecular formula is C12H10ClN3O3. The first-order valence-electron chi connectivity index (χ1n) is 5.30. The van der Waals surface area contributed by atoms with Gasteiger partial charge in [0.1, 0.15) is 0 Å². The van der Waals surface area contributed by atoms with E-state index in [1.54, 1.807) is 0 Å². The van der Waals surface area contributed by atoms with Gasteiger partial charge in [-0.25, -0.2) is 9.78 Å². The van der Waals surface area contributed by atoms with Crippen LogP contribution in [0.4, 0.5) is 5.69 Å². The Labute approximate surface area is 113 Å². The van der Waals surface area contributed by atoms with E-state index < -0.39 is 11.9 Å². The maximum Gasteiger partial charge on any atom is 0.337 e. The highest BCUT2D eigenvalue weighted by atomic mass is 35.5. The Morgan fingerprint density at radius 2 is 2.21 bits per heavy atom. The maximum absolute atomic E-state index is 11.8. The second-order valence-electron chi connectivity index (χ2n) is 3.58. The van der Waals surface area contributed by atoms with Crippen molar-refractivity contribution in [3.63, 3.8) is 0 Å². The monoisotopic (exact) mass is 279 g/mol. The average Bonchev–Trinajstić information content (AvgIpc) is 2.94. The molecule has 98 valence electrons. The van der Waals surface area contributed by atoms with Crippen molar-refractivity contribution >= 4 is 29.2 Å². The summed E-state index contributed by atoms with van der Waals surface area (Å²) >= 11 is 5.95. The lowest BCUT2D eigenvalue weighted by molar-refractivity contribution is 0.0600. The molecule has 0 bridgehead atoms. The van der Waals surface area contributed by atoms with E-state index in [9.17, 15) is 9.59 Å². The molecule has 7 heteroatoms. The van der Waals surface area contributed by atoms with Crippen molar-refractivity contribution in [3.8, 4) is 0 Å². The number of aromatic amines is 1. The number of imidazole rings is 1. The van der Waals surface area contributed by atoms with Crippen LogP contribution >= 0.6 is 11.6 Å². The van der Waals surface area contributed by atoms with Gasteiger partial charge in [0.15, 0.2) is 5.82 Å². The lowest BCUT2D eigenvalue weighted by Gasteiger charge is -2.07. The van der Waals surface area contributed by atoms with Gasteiger partial charge in [-0.15, -0.1) is 0 Å². The molecule has 2 rings (SSSR count). The molecule has 1 aromatic heterocycles. The first-order chi connectivity index (χ1) is 9.11. The van der Waals surface area contributed by atoms with Crippen molar-refractivity contribution in [1.82, 2.24) is 9.97 Å². The van der Waals surface area contributed by atoms with Gasteiger partial charge in [0, 0.05) is 12.4 Å². The molecule has 0 saturated carbocycles. The quantitative estimate of drug-likeness (QED) is 0.843. The van der Waals surface area contributed by atoms with Crippen LogP contribution in [0.15, 0.2) is 30.6 Å². The summed E-state index contributed by atoms with van der Waals surface area (Å²) < 4.78 is 4.60. The van der Waals surface area contributed by atoms with Crippen molar-refractivity contribution in [3.05, 3.63) is 47.0 Å². The van der Waals surface area contributed by atoms with Crippen molar-refractivity contribution in [2.75, 3.05) is 12.4 Å². The highest BCUT2D eigenvalue weighted by molar-refractivity contribution is 6.34. The fourth-order valence-electron chi connectivity index (χ4n) is 1.44. The molecule has 2 aromatic rings. The molecule has 2 N–H and O–H groups in total. The van der Waals surface area contributed by atoms with Gasteiger partial charge in [-0.3, -0.25) is 4.79 Å². The Morgan fingerprint density at radius 1 is 1.42 bits per heavy atom. The van der Waals surface area contributed by atoms with Crippen molar-refractivity contribution < 1.29 is 14.3 Å². The highest BCUT2D eigenvalue weighted by Crippen LogP contribution is 2.23. The minimum absolute atomic E-state index is 0.152. The lowest BCUT2D eigenvalue weighted by Crippen LogP contribution is -2.14. The molecule has 6 nitrogen and oxygen atoms in total. The number of anilines is 1. The number of halogens is 1. The van der Waals surface area contributed by atoms with Gasteiger partial charge in [-0.1, -0.05) is 11.6 Å². The Balaban J connectivity index is 2.24. The third-order valence-corrected chi connectivity index (χ3v) is 2.68. The number of esters is 1. The van der Waals surface area contributed by atoms with Gasteiger partial charge in [0.2, 0.25) is 0 Å². The summed E-state index contributed by atoms with van der Waals surface area (Å²) in [7, 11) is 1.28. The molecule has 0 saturated heterocycles. The van der Waals surface area contributed by atoms with E-state index in [-0.39, 0.29) is 5.82 Å². The number of nitrogens with one attached hydrogen (secondary N) is 2. The molecule has 19 heavy (non-hydrogen) atoms. The summed E-state index contributed by atoms with van der Waals surface area (Å²) in [6, 6.07) is 4.46. The molecule has 0 aliphatic carbocycles. The number of ether oxygens (including phenoxy) is 1. The molecule has 0 fully saturated rings. The number of carbonyl (C=O) groups excluding carboxylic acids is 2. The zero-order valence-electron chi connectivity index (χ0n) is 9.94. The summed E-state index contributed by atoms with van der Waals surface area (Å²) in [5.74, 6) is -0.807. The molecule has 1 heterocycles. The van der Waals surface area contributed by atoms with Crippen LogP contribution in [0.25, 0.3) is 0 Å². The first-order valence-corrected chi connectivity index (χ1v) is 5.68. The number of methoxy groups -OCH3 is 1. The van der Waals surface area contributed by atoms with Crippen LogP contribution in [-0.2, 0) is 4.74 Å². The number of aromatic nitrogens is 2. The molecular weight excluding hydrogens is 270 g/mol. The van der Waals surface area contributed by atoms with E-state index in [2.05, 4.69) is 20.0 Å². The second kappa shape index (κ2) is 5.53. The number of rotatable bonds is 3. The summed E-state index contributed by atoms with van der Waals surface area (Å²) in [4.78, 5) is 29.7. The zero-order chi connectivity index (χ0) is 13.8. The summed E-state index contributed by atoms with van der Waals surface area (Å²) in [5, 5.41) is 2.87. The number of nitrogens with zero attached hydrogens (tertiary/aromatic N) is 1. The van der Waals surface area contributed by atoms with E-state index in [0.29, 0.717) is 16.3 Å². The van der Waals surface area contributed by atoms with E-state index in [0.717, 1.165) is 0 Å². The summed E-state index contributed by atoms with van der Waals surface area (Å²) in [5.41, 5.74) is 0.604. The van der Waals surface area contributed by atoms with Crippen molar-refractivity contribution in [1.29, 1.82) is 0 Å². The van der Waals surface area contributed by atoms with Crippen LogP contribution in [0.3, 0.4) is 0 Å². The van der Waals surface area contributed by atoms with Gasteiger partial charge < -0.3 is 15.0 Å². The topological polar surface area (TPSA) is 84.1 Å². The van der Waals surface area contributed by atoms with E-state index in [4.69, 9.17) is 11.6 Å². The number of amides is 1. The van der Waals surface area contributed by atoms with Crippen LogP contribution in [0.5, 0.6) is 0 Å². The van der Waals surface area contributed by atoms with E-state index in [1.807, 2.05) is 0 Å². The molecule has 0 atom stereocenters. The third kappa shape index (κ3) is 2.92. The molecule has 0 unspecified atom stereocenters. The van der Waals surface area contributed by atoms with E-state index >= 15 is 0 Å². The first kappa shape index (κ1) is 13.1. The molecule has 0 radical (unpaired) electrons. The van der Waals surface area contributed by atoms with Gasteiger partial charge in [0.05, 0.1) is 23.4 Å². The van der Waals surface area contributed by atoms with Gasteiger partial charge in [0.25, 0.3) is 5.91 Å². The predicted molar refractivity (Wildman–Crippen MR) is 69.3 cm³/mol. The Bertz CT molecular complexity index is 611. The normalized spacial score (nSPS) is 10.0. The van der Waals surface area contributed by atoms with Crippen molar-refractivity contribution in [2.24, 2.45) is 0 Å². The third-order valence-electron chi connectivity index (χ3n) is 2.35. The number of hydrogen-bond acceptors (Lipinski definition) is 4. The Hall–Kier alpha value is -2.34. The van der Waals surface area contributed by atoms with Gasteiger partial charge in [-0.2, -0.15) is 0 Å². The standard InChI is InChI=1S/C12H10ClN3O3/c1-19-12(18)7-2-3-8(13)9(6-7)16-11(17)10-14-4-5-15-10/h2-6H,1H3,(H,14,15)(H,16,17). The molecule has 0 spiro atoms. The fourth-order valence-corrected chi connectivity index (χ4v) is 1.60. The zero-order valence-corrected chi connectivity index (χ0v) is 10.7. The van der Waals surface area contributed by atoms with Crippen LogP contribution in [0.1, 0.15) is 21.0 Å². The van der Waals surface area contributed by atoms with Crippen molar-refractivity contribution in [2.45, 2.75) is 0 Å². The van der Waals surface area contributed by atoms with Crippen LogP contribution < -0.4 is 5.32 Å². The number of H-pyrrole nitrogens is 1.